The Balaban J connectivity index is 2.38. The van der Waals surface area contributed by atoms with E-state index in [-0.39, 0.29) is 10.8 Å². The van der Waals surface area contributed by atoms with Gasteiger partial charge in [0.2, 0.25) is 0 Å². The van der Waals surface area contributed by atoms with Crippen LogP contribution < -0.4 is 4.72 Å². The van der Waals surface area contributed by atoms with E-state index in [9.17, 15) is 17.2 Å². The zero-order valence-electron chi connectivity index (χ0n) is 9.57. The van der Waals surface area contributed by atoms with Gasteiger partial charge >= 0.3 is 0 Å². The fourth-order valence-corrected chi connectivity index (χ4v) is 2.93. The Morgan fingerprint density at radius 2 is 1.95 bits per heavy atom. The van der Waals surface area contributed by atoms with E-state index in [1.165, 1.54) is 12.3 Å². The molecule has 0 radical (unpaired) electrons. The Bertz CT molecular complexity index is 771. The first-order valence-electron chi connectivity index (χ1n) is 5.08. The van der Waals surface area contributed by atoms with Crippen LogP contribution in [0.15, 0.2) is 39.8 Å². The van der Waals surface area contributed by atoms with Crippen molar-refractivity contribution in [3.05, 3.63) is 51.7 Å². The van der Waals surface area contributed by atoms with Crippen LogP contribution in [-0.2, 0) is 10.0 Å². The van der Waals surface area contributed by atoms with E-state index in [0.717, 1.165) is 12.1 Å². The van der Waals surface area contributed by atoms with Crippen molar-refractivity contribution in [1.82, 2.24) is 4.98 Å². The number of hydrogen-bond donors (Lipinski definition) is 1. The van der Waals surface area contributed by atoms with Gasteiger partial charge in [0.05, 0.1) is 16.4 Å². The lowest BCUT2D eigenvalue weighted by atomic mass is 10.3. The summed E-state index contributed by atoms with van der Waals surface area (Å²) in [7, 11) is -4.19. The van der Waals surface area contributed by atoms with Gasteiger partial charge in [0.25, 0.3) is 10.0 Å². The number of halogens is 4. The minimum absolute atomic E-state index is 0.0880. The van der Waals surface area contributed by atoms with Crippen molar-refractivity contribution in [2.75, 3.05) is 4.72 Å². The van der Waals surface area contributed by atoms with Crippen LogP contribution in [0.5, 0.6) is 0 Å². The maximum absolute atomic E-state index is 13.5. The number of nitrogens with one attached hydrogen (secondary N) is 1. The molecule has 1 aromatic heterocycles. The summed E-state index contributed by atoms with van der Waals surface area (Å²) in [5.41, 5.74) is 0.0880. The van der Waals surface area contributed by atoms with Gasteiger partial charge in [-0.25, -0.2) is 22.2 Å². The molecule has 1 aromatic carbocycles. The van der Waals surface area contributed by atoms with Crippen LogP contribution in [0, 0.1) is 11.6 Å². The lowest BCUT2D eigenvalue weighted by Gasteiger charge is -2.09. The third-order valence-corrected chi connectivity index (χ3v) is 4.78. The van der Waals surface area contributed by atoms with Crippen LogP contribution >= 0.6 is 27.5 Å². The second kappa shape index (κ2) is 5.63. The molecule has 0 fully saturated rings. The normalized spacial score (nSPS) is 11.4. The third-order valence-electron chi connectivity index (χ3n) is 2.23. The standard InChI is InChI=1S/C11H6BrClF2N2O2S/c12-8-4-7(5-16-11(8)13)17-20(18,19)10-2-1-6(14)3-9(10)15/h1-5,17H. The Hall–Kier alpha value is -1.25. The van der Waals surface area contributed by atoms with E-state index < -0.39 is 26.6 Å². The molecule has 0 saturated heterocycles. The van der Waals surface area contributed by atoms with Crippen molar-refractivity contribution in [3.8, 4) is 0 Å². The van der Waals surface area contributed by atoms with Gasteiger partial charge < -0.3 is 0 Å². The van der Waals surface area contributed by atoms with E-state index >= 15 is 0 Å². The Morgan fingerprint density at radius 1 is 1.25 bits per heavy atom. The number of nitrogens with zero attached hydrogens (tertiary/aromatic N) is 1. The van der Waals surface area contributed by atoms with Gasteiger partial charge in [-0.05, 0) is 34.1 Å². The minimum atomic E-state index is -4.19. The number of hydrogen-bond acceptors (Lipinski definition) is 3. The van der Waals surface area contributed by atoms with Crippen molar-refractivity contribution in [2.24, 2.45) is 0 Å². The van der Waals surface area contributed by atoms with Gasteiger partial charge in [-0.2, -0.15) is 0 Å². The molecule has 0 amide bonds. The quantitative estimate of drug-likeness (QED) is 0.824. The monoisotopic (exact) mass is 382 g/mol. The second-order valence-electron chi connectivity index (χ2n) is 3.68. The van der Waals surface area contributed by atoms with Crippen LogP contribution in [0.2, 0.25) is 5.15 Å². The first-order chi connectivity index (χ1) is 9.29. The molecule has 4 nitrogen and oxygen atoms in total. The predicted molar refractivity (Wildman–Crippen MR) is 74.1 cm³/mol. The van der Waals surface area contributed by atoms with E-state index in [1.54, 1.807) is 0 Å². The summed E-state index contributed by atoms with van der Waals surface area (Å²) in [5.74, 6) is -2.05. The van der Waals surface area contributed by atoms with Gasteiger partial charge in [-0.15, -0.1) is 0 Å². The second-order valence-corrected chi connectivity index (χ2v) is 6.54. The highest BCUT2D eigenvalue weighted by Gasteiger charge is 2.20. The summed E-state index contributed by atoms with van der Waals surface area (Å²) in [6.07, 6.45) is 1.17. The highest BCUT2D eigenvalue weighted by Crippen LogP contribution is 2.25. The van der Waals surface area contributed by atoms with Gasteiger partial charge in [0.1, 0.15) is 21.7 Å². The molecule has 0 aliphatic carbocycles. The number of pyridine rings is 1. The van der Waals surface area contributed by atoms with E-state index in [2.05, 4.69) is 25.6 Å². The summed E-state index contributed by atoms with van der Waals surface area (Å²) >= 11 is 8.76. The maximum atomic E-state index is 13.5. The molecule has 0 bridgehead atoms. The average molecular weight is 384 g/mol. The van der Waals surface area contributed by atoms with Crippen molar-refractivity contribution in [2.45, 2.75) is 4.90 Å². The Labute approximate surface area is 127 Å². The fraction of sp³-hybridized carbons (Fsp3) is 0. The minimum Gasteiger partial charge on any atom is -0.278 e. The molecule has 2 rings (SSSR count). The number of aromatic nitrogens is 1. The summed E-state index contributed by atoms with van der Waals surface area (Å²) in [4.78, 5) is 3.07. The summed E-state index contributed by atoms with van der Waals surface area (Å²) < 4.78 is 52.7. The molecule has 20 heavy (non-hydrogen) atoms. The topological polar surface area (TPSA) is 59.1 Å². The third kappa shape index (κ3) is 3.25. The molecule has 106 valence electrons. The maximum Gasteiger partial charge on any atom is 0.264 e. The molecule has 0 unspecified atom stereocenters. The molecule has 9 heteroatoms. The number of benzene rings is 1. The average Bonchev–Trinajstić information content (AvgIpc) is 2.33. The van der Waals surface area contributed by atoms with Crippen molar-refractivity contribution >= 4 is 43.2 Å². The highest BCUT2D eigenvalue weighted by atomic mass is 79.9. The number of sulfonamides is 1. The molecule has 0 aliphatic rings. The fourth-order valence-electron chi connectivity index (χ4n) is 1.38. The van der Waals surface area contributed by atoms with Crippen LogP contribution in [-0.4, -0.2) is 13.4 Å². The molecule has 0 spiro atoms. The molecule has 0 atom stereocenters. The Kier molecular flexibility index (Phi) is 4.26. The van der Waals surface area contributed by atoms with Gasteiger partial charge in [-0.1, -0.05) is 11.6 Å². The molecule has 0 saturated carbocycles. The van der Waals surface area contributed by atoms with E-state index in [4.69, 9.17) is 11.6 Å². The first kappa shape index (κ1) is 15.1. The zero-order chi connectivity index (χ0) is 14.9. The largest absolute Gasteiger partial charge is 0.278 e. The molecule has 1 heterocycles. The molecular weight excluding hydrogens is 378 g/mol. The van der Waals surface area contributed by atoms with Crippen LogP contribution in [0.3, 0.4) is 0 Å². The van der Waals surface area contributed by atoms with Crippen LogP contribution in [0.4, 0.5) is 14.5 Å². The summed E-state index contributed by atoms with van der Waals surface area (Å²) in [6.45, 7) is 0. The Morgan fingerprint density at radius 3 is 2.55 bits per heavy atom. The lowest BCUT2D eigenvalue weighted by Crippen LogP contribution is -2.15. The number of anilines is 1. The van der Waals surface area contributed by atoms with Crippen molar-refractivity contribution in [3.63, 3.8) is 0 Å². The van der Waals surface area contributed by atoms with E-state index in [1.807, 2.05) is 0 Å². The SMILES string of the molecule is O=S(=O)(Nc1cnc(Cl)c(Br)c1)c1ccc(F)cc1F. The van der Waals surface area contributed by atoms with E-state index in [0.29, 0.717) is 10.5 Å². The molecule has 1 N–H and O–H groups in total. The van der Waals surface area contributed by atoms with Crippen molar-refractivity contribution in [1.29, 1.82) is 0 Å². The molecular formula is C11H6BrClF2N2O2S. The van der Waals surface area contributed by atoms with Crippen LogP contribution in [0.1, 0.15) is 0 Å². The van der Waals surface area contributed by atoms with Gasteiger partial charge in [0, 0.05) is 6.07 Å². The van der Waals surface area contributed by atoms with Crippen molar-refractivity contribution < 1.29 is 17.2 Å². The van der Waals surface area contributed by atoms with Gasteiger partial charge in [0.15, 0.2) is 0 Å². The molecule has 2 aromatic rings. The predicted octanol–water partition coefficient (Wildman–Crippen LogP) is 3.58. The lowest BCUT2D eigenvalue weighted by molar-refractivity contribution is 0.551. The summed E-state index contributed by atoms with van der Waals surface area (Å²) in [6, 6.07) is 3.55. The molecule has 0 aliphatic heterocycles. The van der Waals surface area contributed by atoms with Crippen LogP contribution in [0.25, 0.3) is 0 Å². The summed E-state index contributed by atoms with van der Waals surface area (Å²) in [5, 5.41) is 0.154. The highest BCUT2D eigenvalue weighted by molar-refractivity contribution is 9.10. The smallest absolute Gasteiger partial charge is 0.264 e. The first-order valence-corrected chi connectivity index (χ1v) is 7.74. The van der Waals surface area contributed by atoms with Gasteiger partial charge in [-0.3, -0.25) is 4.72 Å². The zero-order valence-corrected chi connectivity index (χ0v) is 12.7. The number of rotatable bonds is 3.